The molecular formula is C14H21BrFNO2. The van der Waals surface area contributed by atoms with Crippen molar-refractivity contribution in [3.63, 3.8) is 0 Å². The van der Waals surface area contributed by atoms with Crippen molar-refractivity contribution in [1.82, 2.24) is 5.32 Å². The molecule has 0 aromatic heterocycles. The maximum Gasteiger partial charge on any atom is 0.172 e. The van der Waals surface area contributed by atoms with Gasteiger partial charge < -0.3 is 14.8 Å². The third-order valence-electron chi connectivity index (χ3n) is 2.83. The third-order valence-corrected chi connectivity index (χ3v) is 3.29. The molecule has 1 aromatic carbocycles. The Morgan fingerprint density at radius 1 is 1.26 bits per heavy atom. The summed E-state index contributed by atoms with van der Waals surface area (Å²) in [5.41, 5.74) is 0.902. The Morgan fingerprint density at radius 2 is 1.95 bits per heavy atom. The van der Waals surface area contributed by atoms with Crippen molar-refractivity contribution >= 4 is 15.9 Å². The van der Waals surface area contributed by atoms with E-state index in [9.17, 15) is 4.39 Å². The molecule has 108 valence electrons. The lowest BCUT2D eigenvalue weighted by atomic mass is 10.1. The van der Waals surface area contributed by atoms with Crippen molar-refractivity contribution in [3.8, 4) is 0 Å². The molecule has 0 heterocycles. The maximum atomic E-state index is 13.4. The number of ether oxygens (including phenoxy) is 2. The zero-order chi connectivity index (χ0) is 14.3. The minimum Gasteiger partial charge on any atom is -0.354 e. The van der Waals surface area contributed by atoms with Crippen molar-refractivity contribution < 1.29 is 13.9 Å². The van der Waals surface area contributed by atoms with E-state index < -0.39 is 0 Å². The van der Waals surface area contributed by atoms with Crippen LogP contribution in [-0.4, -0.2) is 33.1 Å². The van der Waals surface area contributed by atoms with Crippen LogP contribution in [0.4, 0.5) is 4.39 Å². The average Bonchev–Trinajstić information content (AvgIpc) is 2.35. The summed E-state index contributed by atoms with van der Waals surface area (Å²) in [6.45, 7) is 2.96. The number of hydrogen-bond acceptors (Lipinski definition) is 3. The number of hydrogen-bond donors (Lipinski definition) is 1. The summed E-state index contributed by atoms with van der Waals surface area (Å²) in [6.07, 6.45) is 1.31. The van der Waals surface area contributed by atoms with Crippen molar-refractivity contribution in [1.29, 1.82) is 0 Å². The van der Waals surface area contributed by atoms with Crippen LogP contribution in [0, 0.1) is 5.82 Å². The average molecular weight is 334 g/mol. The lowest BCUT2D eigenvalue weighted by Gasteiger charge is -2.26. The van der Waals surface area contributed by atoms with Crippen LogP contribution < -0.4 is 5.32 Å². The van der Waals surface area contributed by atoms with Crippen LogP contribution in [0.15, 0.2) is 22.7 Å². The summed E-state index contributed by atoms with van der Waals surface area (Å²) >= 11 is 3.30. The Balaban J connectivity index is 2.80. The van der Waals surface area contributed by atoms with Crippen molar-refractivity contribution in [2.45, 2.75) is 32.1 Å². The van der Waals surface area contributed by atoms with E-state index in [0.29, 0.717) is 6.42 Å². The van der Waals surface area contributed by atoms with Crippen molar-refractivity contribution in [2.75, 3.05) is 20.8 Å². The number of nitrogens with one attached hydrogen (secondary N) is 1. The van der Waals surface area contributed by atoms with Gasteiger partial charge in [-0.05, 0) is 43.1 Å². The summed E-state index contributed by atoms with van der Waals surface area (Å²) in [6, 6.07) is 4.88. The Kier molecular flexibility index (Phi) is 7.53. The molecule has 0 aliphatic rings. The number of methoxy groups -OCH3 is 2. The van der Waals surface area contributed by atoms with Gasteiger partial charge in [-0.15, -0.1) is 0 Å². The largest absolute Gasteiger partial charge is 0.354 e. The van der Waals surface area contributed by atoms with E-state index in [4.69, 9.17) is 9.47 Å². The molecule has 1 aromatic rings. The topological polar surface area (TPSA) is 30.5 Å². The highest BCUT2D eigenvalue weighted by molar-refractivity contribution is 9.10. The van der Waals surface area contributed by atoms with Gasteiger partial charge in [-0.25, -0.2) is 4.39 Å². The van der Waals surface area contributed by atoms with E-state index in [1.165, 1.54) is 12.1 Å². The minimum absolute atomic E-state index is 0.0105. The van der Waals surface area contributed by atoms with E-state index in [2.05, 4.69) is 28.2 Å². The number of halogens is 2. The van der Waals surface area contributed by atoms with E-state index in [1.54, 1.807) is 14.2 Å². The second-order valence-electron chi connectivity index (χ2n) is 4.38. The second-order valence-corrected chi connectivity index (χ2v) is 5.30. The van der Waals surface area contributed by atoms with E-state index in [1.807, 2.05) is 6.07 Å². The standard InChI is InChI=1S/C14H21BrFNO2/c1-4-5-17-13(14(18-2)19-3)8-10-6-11(15)9-12(16)7-10/h6-7,9,13-14,17H,4-5,8H2,1-3H3. The molecule has 3 nitrogen and oxygen atoms in total. The highest BCUT2D eigenvalue weighted by atomic mass is 79.9. The molecule has 0 spiro atoms. The van der Waals surface area contributed by atoms with Gasteiger partial charge in [0, 0.05) is 18.7 Å². The predicted molar refractivity (Wildman–Crippen MR) is 77.7 cm³/mol. The first-order valence-corrected chi connectivity index (χ1v) is 7.14. The Labute approximate surface area is 122 Å². The fourth-order valence-corrected chi connectivity index (χ4v) is 2.51. The van der Waals surface area contributed by atoms with Crippen LogP contribution in [0.2, 0.25) is 0 Å². The molecule has 19 heavy (non-hydrogen) atoms. The summed E-state index contributed by atoms with van der Waals surface area (Å²) in [4.78, 5) is 0. The zero-order valence-electron chi connectivity index (χ0n) is 11.6. The Bertz CT molecular complexity index is 365. The molecule has 0 aliphatic carbocycles. The van der Waals surface area contributed by atoms with Crippen LogP contribution in [0.1, 0.15) is 18.9 Å². The molecule has 0 saturated carbocycles. The molecule has 0 saturated heterocycles. The van der Waals surface area contributed by atoms with Gasteiger partial charge in [-0.2, -0.15) is 0 Å². The van der Waals surface area contributed by atoms with Crippen molar-refractivity contribution in [3.05, 3.63) is 34.1 Å². The minimum atomic E-state index is -0.353. The first-order chi connectivity index (χ1) is 9.10. The van der Waals surface area contributed by atoms with Gasteiger partial charge in [-0.1, -0.05) is 22.9 Å². The highest BCUT2D eigenvalue weighted by Gasteiger charge is 2.20. The fourth-order valence-electron chi connectivity index (χ4n) is 2.00. The van der Waals surface area contributed by atoms with E-state index >= 15 is 0 Å². The lowest BCUT2D eigenvalue weighted by molar-refractivity contribution is -0.122. The molecule has 1 unspecified atom stereocenters. The lowest BCUT2D eigenvalue weighted by Crippen LogP contribution is -2.44. The molecule has 0 aliphatic heterocycles. The molecule has 1 atom stereocenters. The van der Waals surface area contributed by atoms with Crippen LogP contribution in [-0.2, 0) is 15.9 Å². The molecule has 5 heteroatoms. The van der Waals surface area contributed by atoms with Gasteiger partial charge in [0.05, 0.1) is 6.04 Å². The van der Waals surface area contributed by atoms with Gasteiger partial charge in [0.2, 0.25) is 0 Å². The van der Waals surface area contributed by atoms with Crippen LogP contribution in [0.3, 0.4) is 0 Å². The Morgan fingerprint density at radius 3 is 2.47 bits per heavy atom. The van der Waals surface area contributed by atoms with Gasteiger partial charge in [0.25, 0.3) is 0 Å². The molecule has 0 fully saturated rings. The monoisotopic (exact) mass is 333 g/mol. The van der Waals surface area contributed by atoms with Crippen LogP contribution in [0.5, 0.6) is 0 Å². The van der Waals surface area contributed by atoms with Gasteiger partial charge >= 0.3 is 0 Å². The maximum absolute atomic E-state index is 13.4. The summed E-state index contributed by atoms with van der Waals surface area (Å²) < 4.78 is 24.7. The summed E-state index contributed by atoms with van der Waals surface area (Å²) in [7, 11) is 3.21. The van der Waals surface area contributed by atoms with Gasteiger partial charge in [-0.3, -0.25) is 0 Å². The molecule has 1 rings (SSSR count). The van der Waals surface area contributed by atoms with E-state index in [0.717, 1.165) is 23.0 Å². The summed E-state index contributed by atoms with van der Waals surface area (Å²) in [5, 5.41) is 3.37. The molecule has 1 N–H and O–H groups in total. The normalized spacial score (nSPS) is 12.9. The quantitative estimate of drug-likeness (QED) is 0.741. The second kappa shape index (κ2) is 8.64. The Hall–Kier alpha value is -0.490. The first-order valence-electron chi connectivity index (χ1n) is 6.34. The van der Waals surface area contributed by atoms with Crippen LogP contribution >= 0.6 is 15.9 Å². The zero-order valence-corrected chi connectivity index (χ0v) is 13.2. The third kappa shape index (κ3) is 5.57. The fraction of sp³-hybridized carbons (Fsp3) is 0.571. The number of rotatable bonds is 8. The van der Waals surface area contributed by atoms with E-state index in [-0.39, 0.29) is 18.1 Å². The molecule has 0 amide bonds. The van der Waals surface area contributed by atoms with Gasteiger partial charge in [0.1, 0.15) is 5.82 Å². The van der Waals surface area contributed by atoms with Crippen molar-refractivity contribution in [2.24, 2.45) is 0 Å². The molecule has 0 radical (unpaired) electrons. The first kappa shape index (κ1) is 16.6. The molecular weight excluding hydrogens is 313 g/mol. The number of benzene rings is 1. The SMILES string of the molecule is CCCNC(Cc1cc(F)cc(Br)c1)C(OC)OC. The summed E-state index contributed by atoms with van der Waals surface area (Å²) in [5.74, 6) is -0.245. The predicted octanol–water partition coefficient (Wildman–Crippen LogP) is 3.12. The molecule has 0 bridgehead atoms. The van der Waals surface area contributed by atoms with Gasteiger partial charge in [0.15, 0.2) is 6.29 Å². The van der Waals surface area contributed by atoms with Crippen LogP contribution in [0.25, 0.3) is 0 Å². The smallest absolute Gasteiger partial charge is 0.172 e. The highest BCUT2D eigenvalue weighted by Crippen LogP contribution is 2.17.